The quantitative estimate of drug-likeness (QED) is 0.909. The molecule has 0 aliphatic rings. The molecule has 0 aliphatic carbocycles. The monoisotopic (exact) mass is 287 g/mol. The topological polar surface area (TPSA) is 66.4 Å². The summed E-state index contributed by atoms with van der Waals surface area (Å²) >= 11 is 0. The van der Waals surface area contributed by atoms with E-state index in [9.17, 15) is 14.0 Å². The number of amides is 1. The number of nitrogens with one attached hydrogen (secondary N) is 1. The van der Waals surface area contributed by atoms with Gasteiger partial charge in [-0.3, -0.25) is 4.79 Å². The summed E-state index contributed by atoms with van der Waals surface area (Å²) in [5.74, 6) is -1.88. The van der Waals surface area contributed by atoms with Crippen LogP contribution in [0.2, 0.25) is 0 Å². The van der Waals surface area contributed by atoms with Gasteiger partial charge in [0.25, 0.3) is 5.91 Å². The van der Waals surface area contributed by atoms with Gasteiger partial charge in [-0.1, -0.05) is 6.07 Å². The summed E-state index contributed by atoms with van der Waals surface area (Å²) in [5, 5.41) is 11.6. The van der Waals surface area contributed by atoms with Crippen molar-refractivity contribution in [3.63, 3.8) is 0 Å². The molecule has 0 unspecified atom stereocenters. The van der Waals surface area contributed by atoms with Crippen molar-refractivity contribution < 1.29 is 19.1 Å². The van der Waals surface area contributed by atoms with Crippen molar-refractivity contribution >= 4 is 17.6 Å². The number of carboxylic acid groups (broad SMARTS) is 1. The number of carboxylic acids is 1. The minimum absolute atomic E-state index is 0.0896. The summed E-state index contributed by atoms with van der Waals surface area (Å²) in [6.45, 7) is 3.40. The van der Waals surface area contributed by atoms with Crippen molar-refractivity contribution in [3.05, 3.63) is 64.5 Å². The Balaban J connectivity index is 2.31. The number of carbonyl (C=O) groups is 2. The third kappa shape index (κ3) is 3.25. The number of hydrogen-bond donors (Lipinski definition) is 2. The summed E-state index contributed by atoms with van der Waals surface area (Å²) < 4.78 is 13.0. The average Bonchev–Trinajstić information content (AvgIpc) is 2.40. The number of halogens is 1. The minimum atomic E-state index is -1.07. The van der Waals surface area contributed by atoms with E-state index in [4.69, 9.17) is 5.11 Å². The molecule has 2 aromatic carbocycles. The van der Waals surface area contributed by atoms with Crippen LogP contribution in [-0.2, 0) is 0 Å². The van der Waals surface area contributed by atoms with E-state index in [0.29, 0.717) is 16.8 Å². The SMILES string of the molecule is Cc1ccc(C(=O)O)cc1NC(=O)c1ccc(F)cc1C. The van der Waals surface area contributed by atoms with Crippen LogP contribution in [0.25, 0.3) is 0 Å². The Labute approximate surface area is 121 Å². The van der Waals surface area contributed by atoms with Gasteiger partial charge >= 0.3 is 5.97 Å². The normalized spacial score (nSPS) is 10.2. The third-order valence-electron chi connectivity index (χ3n) is 3.17. The zero-order valence-corrected chi connectivity index (χ0v) is 11.6. The van der Waals surface area contributed by atoms with Gasteiger partial charge in [0, 0.05) is 11.3 Å². The Bertz CT molecular complexity index is 725. The minimum Gasteiger partial charge on any atom is -0.478 e. The molecule has 0 aliphatic heterocycles. The first-order valence-corrected chi connectivity index (χ1v) is 6.30. The van der Waals surface area contributed by atoms with E-state index in [0.717, 1.165) is 5.56 Å². The first-order valence-electron chi connectivity index (χ1n) is 6.30. The highest BCUT2D eigenvalue weighted by Crippen LogP contribution is 2.19. The molecule has 0 saturated heterocycles. The van der Waals surface area contributed by atoms with E-state index in [1.807, 2.05) is 0 Å². The van der Waals surface area contributed by atoms with Crippen LogP contribution >= 0.6 is 0 Å². The van der Waals surface area contributed by atoms with Crippen LogP contribution in [0.4, 0.5) is 10.1 Å². The van der Waals surface area contributed by atoms with Crippen LogP contribution in [0.15, 0.2) is 36.4 Å². The maximum Gasteiger partial charge on any atom is 0.335 e. The molecule has 0 atom stereocenters. The lowest BCUT2D eigenvalue weighted by Gasteiger charge is -2.11. The fraction of sp³-hybridized carbons (Fsp3) is 0.125. The Morgan fingerprint density at radius 1 is 1.05 bits per heavy atom. The number of rotatable bonds is 3. The highest BCUT2D eigenvalue weighted by Gasteiger charge is 2.12. The number of carbonyl (C=O) groups excluding carboxylic acids is 1. The molecule has 2 N–H and O–H groups in total. The fourth-order valence-corrected chi connectivity index (χ4v) is 1.96. The molecule has 0 bridgehead atoms. The maximum absolute atomic E-state index is 13.0. The zero-order valence-electron chi connectivity index (χ0n) is 11.6. The Kier molecular flexibility index (Phi) is 4.03. The second-order valence-electron chi connectivity index (χ2n) is 4.75. The number of benzene rings is 2. The maximum atomic E-state index is 13.0. The van der Waals surface area contributed by atoms with Crippen LogP contribution < -0.4 is 5.32 Å². The molecule has 0 radical (unpaired) electrons. The number of aromatic carboxylic acids is 1. The summed E-state index contributed by atoms with van der Waals surface area (Å²) in [7, 11) is 0. The van der Waals surface area contributed by atoms with Gasteiger partial charge in [-0.25, -0.2) is 9.18 Å². The summed E-state index contributed by atoms with van der Waals surface area (Å²) in [6, 6.07) is 8.37. The molecule has 0 spiro atoms. The van der Waals surface area contributed by atoms with Crippen molar-refractivity contribution in [1.29, 1.82) is 0 Å². The molecule has 2 rings (SSSR count). The summed E-state index contributed by atoms with van der Waals surface area (Å²) in [4.78, 5) is 23.2. The molecule has 0 saturated carbocycles. The summed E-state index contributed by atoms with van der Waals surface area (Å²) in [6.07, 6.45) is 0. The van der Waals surface area contributed by atoms with Gasteiger partial charge in [0.1, 0.15) is 5.82 Å². The Hall–Kier alpha value is -2.69. The number of aryl methyl sites for hydroxylation is 2. The van der Waals surface area contributed by atoms with Gasteiger partial charge in [-0.2, -0.15) is 0 Å². The molecule has 1 amide bonds. The lowest BCUT2D eigenvalue weighted by Crippen LogP contribution is -2.15. The molecular formula is C16H14FNO3. The standard InChI is InChI=1S/C16H14FNO3/c1-9-3-4-11(16(20)21)8-14(9)18-15(19)13-6-5-12(17)7-10(13)2/h3-8H,1-2H3,(H,18,19)(H,20,21). The Morgan fingerprint density at radius 2 is 1.76 bits per heavy atom. The molecule has 0 aromatic heterocycles. The smallest absolute Gasteiger partial charge is 0.335 e. The van der Waals surface area contributed by atoms with Gasteiger partial charge in [0.05, 0.1) is 5.56 Å². The van der Waals surface area contributed by atoms with Crippen molar-refractivity contribution in [2.45, 2.75) is 13.8 Å². The highest BCUT2D eigenvalue weighted by atomic mass is 19.1. The largest absolute Gasteiger partial charge is 0.478 e. The lowest BCUT2D eigenvalue weighted by atomic mass is 10.1. The van der Waals surface area contributed by atoms with Crippen molar-refractivity contribution in [3.8, 4) is 0 Å². The highest BCUT2D eigenvalue weighted by molar-refractivity contribution is 6.06. The van der Waals surface area contributed by atoms with Gasteiger partial charge < -0.3 is 10.4 Å². The van der Waals surface area contributed by atoms with Gasteiger partial charge in [0.15, 0.2) is 0 Å². The fourth-order valence-electron chi connectivity index (χ4n) is 1.96. The van der Waals surface area contributed by atoms with Crippen LogP contribution in [0.1, 0.15) is 31.8 Å². The van der Waals surface area contributed by atoms with Crippen LogP contribution in [-0.4, -0.2) is 17.0 Å². The van der Waals surface area contributed by atoms with Crippen molar-refractivity contribution in [2.75, 3.05) is 5.32 Å². The first kappa shape index (κ1) is 14.7. The number of hydrogen-bond acceptors (Lipinski definition) is 2. The first-order chi connectivity index (χ1) is 9.88. The van der Waals surface area contributed by atoms with Gasteiger partial charge in [-0.15, -0.1) is 0 Å². The summed E-state index contributed by atoms with van der Waals surface area (Å²) in [5.41, 5.74) is 2.11. The van der Waals surface area contributed by atoms with Gasteiger partial charge in [-0.05, 0) is 55.3 Å². The third-order valence-corrected chi connectivity index (χ3v) is 3.17. The lowest BCUT2D eigenvalue weighted by molar-refractivity contribution is 0.0696. The van der Waals surface area contributed by atoms with Crippen molar-refractivity contribution in [2.24, 2.45) is 0 Å². The van der Waals surface area contributed by atoms with Gasteiger partial charge in [0.2, 0.25) is 0 Å². The molecular weight excluding hydrogens is 273 g/mol. The van der Waals surface area contributed by atoms with Crippen LogP contribution in [0.5, 0.6) is 0 Å². The molecule has 21 heavy (non-hydrogen) atoms. The second kappa shape index (κ2) is 5.75. The van der Waals surface area contributed by atoms with E-state index < -0.39 is 17.7 Å². The van der Waals surface area contributed by atoms with E-state index >= 15 is 0 Å². The molecule has 108 valence electrons. The predicted molar refractivity (Wildman–Crippen MR) is 77.2 cm³/mol. The molecule has 0 heterocycles. The molecule has 4 nitrogen and oxygen atoms in total. The average molecular weight is 287 g/mol. The van der Waals surface area contributed by atoms with Crippen LogP contribution in [0, 0.1) is 19.7 Å². The van der Waals surface area contributed by atoms with E-state index in [-0.39, 0.29) is 5.56 Å². The predicted octanol–water partition coefficient (Wildman–Crippen LogP) is 3.39. The van der Waals surface area contributed by atoms with E-state index in [1.54, 1.807) is 19.9 Å². The van der Waals surface area contributed by atoms with Crippen LogP contribution in [0.3, 0.4) is 0 Å². The molecule has 2 aromatic rings. The molecule has 0 fully saturated rings. The molecule has 5 heteroatoms. The van der Waals surface area contributed by atoms with E-state index in [2.05, 4.69) is 5.32 Å². The van der Waals surface area contributed by atoms with Crippen molar-refractivity contribution in [1.82, 2.24) is 0 Å². The number of anilines is 1. The van der Waals surface area contributed by atoms with E-state index in [1.165, 1.54) is 30.3 Å². The Morgan fingerprint density at radius 3 is 2.38 bits per heavy atom. The second-order valence-corrected chi connectivity index (χ2v) is 4.75. The zero-order chi connectivity index (χ0) is 15.6.